The van der Waals surface area contributed by atoms with E-state index < -0.39 is 0 Å². The first-order valence-electron chi connectivity index (χ1n) is 8.12. The molecule has 1 heterocycles. The molecule has 106 valence electrons. The molecule has 1 saturated carbocycles. The van der Waals surface area contributed by atoms with Gasteiger partial charge in [0.05, 0.1) is 0 Å². The Hall–Kier alpha value is -0.0800. The summed E-state index contributed by atoms with van der Waals surface area (Å²) in [5, 5.41) is 3.80. The zero-order valence-electron chi connectivity index (χ0n) is 12.6. The van der Waals surface area contributed by atoms with Gasteiger partial charge in [-0.3, -0.25) is 4.90 Å². The number of hydrogen-bond donors (Lipinski definition) is 1. The minimum atomic E-state index is 0.744. The molecule has 0 spiro atoms. The standard InChI is InChI=1S/C16H32N2/c1-13(2)8-9-17-15-10-14(3)11-18(12-15)16-6-4-5-7-16/h13-17H,4-12H2,1-3H3. The van der Waals surface area contributed by atoms with Gasteiger partial charge in [-0.2, -0.15) is 0 Å². The molecule has 0 aromatic heterocycles. The highest BCUT2D eigenvalue weighted by atomic mass is 15.2. The average Bonchev–Trinajstić information content (AvgIpc) is 2.81. The van der Waals surface area contributed by atoms with Crippen LogP contribution in [0.15, 0.2) is 0 Å². The molecule has 0 bridgehead atoms. The summed E-state index contributed by atoms with van der Waals surface area (Å²) in [6.45, 7) is 10.9. The Morgan fingerprint density at radius 1 is 1.17 bits per heavy atom. The fourth-order valence-corrected chi connectivity index (χ4v) is 3.68. The SMILES string of the molecule is CC(C)CCNC1CC(C)CN(C2CCCC2)C1. The first-order valence-corrected chi connectivity index (χ1v) is 8.12. The zero-order valence-corrected chi connectivity index (χ0v) is 12.6. The van der Waals surface area contributed by atoms with E-state index in [2.05, 4.69) is 31.0 Å². The maximum Gasteiger partial charge on any atom is 0.0198 e. The smallest absolute Gasteiger partial charge is 0.0198 e. The first kappa shape index (κ1) is 14.3. The van der Waals surface area contributed by atoms with Crippen molar-refractivity contribution in [3.63, 3.8) is 0 Å². The third kappa shape index (κ3) is 4.24. The van der Waals surface area contributed by atoms with E-state index in [4.69, 9.17) is 0 Å². The average molecular weight is 252 g/mol. The van der Waals surface area contributed by atoms with Crippen molar-refractivity contribution < 1.29 is 0 Å². The number of piperidine rings is 1. The van der Waals surface area contributed by atoms with Crippen LogP contribution in [0, 0.1) is 11.8 Å². The number of nitrogens with one attached hydrogen (secondary N) is 1. The second kappa shape index (κ2) is 6.91. The van der Waals surface area contributed by atoms with Gasteiger partial charge in [0.25, 0.3) is 0 Å². The van der Waals surface area contributed by atoms with Crippen molar-refractivity contribution in [3.05, 3.63) is 0 Å². The van der Waals surface area contributed by atoms with Crippen molar-refractivity contribution >= 4 is 0 Å². The summed E-state index contributed by atoms with van der Waals surface area (Å²) in [5.74, 6) is 1.69. The highest BCUT2D eigenvalue weighted by molar-refractivity contribution is 4.87. The molecule has 2 heteroatoms. The summed E-state index contributed by atoms with van der Waals surface area (Å²) in [7, 11) is 0. The Morgan fingerprint density at radius 3 is 2.56 bits per heavy atom. The Kier molecular flexibility index (Phi) is 5.50. The van der Waals surface area contributed by atoms with E-state index in [1.165, 1.54) is 58.2 Å². The van der Waals surface area contributed by atoms with Gasteiger partial charge in [-0.15, -0.1) is 0 Å². The van der Waals surface area contributed by atoms with Crippen LogP contribution in [-0.2, 0) is 0 Å². The largest absolute Gasteiger partial charge is 0.313 e. The van der Waals surface area contributed by atoms with E-state index in [0.29, 0.717) is 0 Å². The Balaban J connectivity index is 1.76. The Bertz CT molecular complexity index is 233. The molecule has 2 rings (SSSR count). The maximum absolute atomic E-state index is 3.80. The normalized spacial score (nSPS) is 31.3. The molecule has 18 heavy (non-hydrogen) atoms. The van der Waals surface area contributed by atoms with Gasteiger partial charge in [0, 0.05) is 25.2 Å². The summed E-state index contributed by atoms with van der Waals surface area (Å²) in [4.78, 5) is 2.79. The van der Waals surface area contributed by atoms with Crippen molar-refractivity contribution in [2.75, 3.05) is 19.6 Å². The van der Waals surface area contributed by atoms with Crippen LogP contribution in [-0.4, -0.2) is 36.6 Å². The highest BCUT2D eigenvalue weighted by Crippen LogP contribution is 2.27. The Labute approximate surface area is 114 Å². The van der Waals surface area contributed by atoms with Gasteiger partial charge in [0.2, 0.25) is 0 Å². The summed E-state index contributed by atoms with van der Waals surface area (Å²) in [6.07, 6.45) is 8.51. The predicted octanol–water partition coefficient (Wildman–Crippen LogP) is 3.28. The van der Waals surface area contributed by atoms with E-state index in [0.717, 1.165) is 23.9 Å². The predicted molar refractivity (Wildman–Crippen MR) is 78.9 cm³/mol. The highest BCUT2D eigenvalue weighted by Gasteiger charge is 2.30. The lowest BCUT2D eigenvalue weighted by Crippen LogP contribution is -2.51. The molecule has 2 atom stereocenters. The van der Waals surface area contributed by atoms with E-state index in [1.807, 2.05) is 0 Å². The number of likely N-dealkylation sites (tertiary alicyclic amines) is 1. The second-order valence-electron chi connectivity index (χ2n) is 7.07. The van der Waals surface area contributed by atoms with Crippen LogP contribution in [0.4, 0.5) is 0 Å². The van der Waals surface area contributed by atoms with Gasteiger partial charge in [-0.25, -0.2) is 0 Å². The monoisotopic (exact) mass is 252 g/mol. The van der Waals surface area contributed by atoms with Gasteiger partial charge in [-0.1, -0.05) is 33.6 Å². The quantitative estimate of drug-likeness (QED) is 0.808. The zero-order chi connectivity index (χ0) is 13.0. The molecule has 2 nitrogen and oxygen atoms in total. The van der Waals surface area contributed by atoms with E-state index in [-0.39, 0.29) is 0 Å². The molecule has 0 aromatic carbocycles. The summed E-state index contributed by atoms with van der Waals surface area (Å²) >= 11 is 0. The maximum atomic E-state index is 3.80. The fraction of sp³-hybridized carbons (Fsp3) is 1.00. The molecular formula is C16H32N2. The molecule has 2 fully saturated rings. The molecular weight excluding hydrogens is 220 g/mol. The molecule has 0 radical (unpaired) electrons. The van der Waals surface area contributed by atoms with Crippen molar-refractivity contribution in [2.24, 2.45) is 11.8 Å². The summed E-state index contributed by atoms with van der Waals surface area (Å²) < 4.78 is 0. The van der Waals surface area contributed by atoms with Crippen LogP contribution in [0.2, 0.25) is 0 Å². The van der Waals surface area contributed by atoms with Crippen molar-refractivity contribution in [1.82, 2.24) is 10.2 Å². The van der Waals surface area contributed by atoms with Crippen molar-refractivity contribution in [1.29, 1.82) is 0 Å². The van der Waals surface area contributed by atoms with Crippen LogP contribution in [0.1, 0.15) is 59.3 Å². The molecule has 0 amide bonds. The van der Waals surface area contributed by atoms with Gasteiger partial charge >= 0.3 is 0 Å². The van der Waals surface area contributed by atoms with Crippen LogP contribution in [0.5, 0.6) is 0 Å². The molecule has 2 aliphatic rings. The summed E-state index contributed by atoms with van der Waals surface area (Å²) in [5.41, 5.74) is 0. The third-order valence-electron chi connectivity index (χ3n) is 4.68. The first-order chi connectivity index (χ1) is 8.65. The Morgan fingerprint density at radius 2 is 1.89 bits per heavy atom. The lowest BCUT2D eigenvalue weighted by atomic mass is 9.94. The number of hydrogen-bond acceptors (Lipinski definition) is 2. The number of rotatable bonds is 5. The fourth-order valence-electron chi connectivity index (χ4n) is 3.68. The lowest BCUT2D eigenvalue weighted by Gasteiger charge is -2.40. The minimum Gasteiger partial charge on any atom is -0.313 e. The molecule has 1 N–H and O–H groups in total. The van der Waals surface area contributed by atoms with Crippen molar-refractivity contribution in [2.45, 2.75) is 71.4 Å². The van der Waals surface area contributed by atoms with Gasteiger partial charge in [0.15, 0.2) is 0 Å². The minimum absolute atomic E-state index is 0.744. The van der Waals surface area contributed by atoms with E-state index >= 15 is 0 Å². The van der Waals surface area contributed by atoms with Gasteiger partial charge in [0.1, 0.15) is 0 Å². The van der Waals surface area contributed by atoms with Crippen LogP contribution < -0.4 is 5.32 Å². The van der Waals surface area contributed by atoms with Gasteiger partial charge in [-0.05, 0) is 44.1 Å². The van der Waals surface area contributed by atoms with Crippen LogP contribution in [0.25, 0.3) is 0 Å². The molecule has 1 aliphatic heterocycles. The molecule has 1 aliphatic carbocycles. The van der Waals surface area contributed by atoms with E-state index in [1.54, 1.807) is 0 Å². The third-order valence-corrected chi connectivity index (χ3v) is 4.68. The van der Waals surface area contributed by atoms with Crippen LogP contribution in [0.3, 0.4) is 0 Å². The molecule has 2 unspecified atom stereocenters. The number of nitrogens with zero attached hydrogens (tertiary/aromatic N) is 1. The summed E-state index contributed by atoms with van der Waals surface area (Å²) in [6, 6.07) is 1.65. The lowest BCUT2D eigenvalue weighted by molar-refractivity contribution is 0.105. The second-order valence-corrected chi connectivity index (χ2v) is 7.07. The molecule has 0 aromatic rings. The van der Waals surface area contributed by atoms with Crippen molar-refractivity contribution in [3.8, 4) is 0 Å². The molecule has 1 saturated heterocycles. The topological polar surface area (TPSA) is 15.3 Å². The van der Waals surface area contributed by atoms with E-state index in [9.17, 15) is 0 Å². The van der Waals surface area contributed by atoms with Gasteiger partial charge < -0.3 is 5.32 Å². The van der Waals surface area contributed by atoms with Crippen LogP contribution >= 0.6 is 0 Å².